The van der Waals surface area contributed by atoms with Crippen LogP contribution in [-0.4, -0.2) is 35.8 Å². The molecular formula is C14H19N5S4. The molecule has 9 heteroatoms. The first-order valence-electron chi connectivity index (χ1n) is 7.69. The maximum Gasteiger partial charge on any atom is 0.150 e. The smallest absolute Gasteiger partial charge is 0.150 e. The van der Waals surface area contributed by atoms with Crippen LogP contribution in [0.15, 0.2) is 21.2 Å². The number of hydrogen-bond acceptors (Lipinski definition) is 9. The molecule has 0 saturated carbocycles. The van der Waals surface area contributed by atoms with Crippen LogP contribution in [0.5, 0.6) is 0 Å². The van der Waals surface area contributed by atoms with Gasteiger partial charge in [-0.1, -0.05) is 19.4 Å². The Morgan fingerprint density at radius 1 is 1.17 bits per heavy atom. The second-order valence-electron chi connectivity index (χ2n) is 5.22. The average molecular weight is 386 g/mol. The second kappa shape index (κ2) is 8.57. The first kappa shape index (κ1) is 17.3. The molecule has 3 rings (SSSR count). The van der Waals surface area contributed by atoms with Crippen molar-refractivity contribution in [1.82, 2.24) is 22.8 Å². The number of rotatable bonds is 7. The molecule has 3 heterocycles. The van der Waals surface area contributed by atoms with Gasteiger partial charge in [0.1, 0.15) is 15.7 Å². The fraction of sp³-hybridized carbons (Fsp3) is 0.571. The zero-order valence-corrected chi connectivity index (χ0v) is 16.4. The van der Waals surface area contributed by atoms with Gasteiger partial charge in [-0.05, 0) is 49.4 Å². The van der Waals surface area contributed by atoms with Crippen molar-refractivity contribution in [2.24, 2.45) is 0 Å². The standard InChI is InChI=1S/C14H19N5S4/c1-3-4-8-20-13-14(19-23-18-13)21-12-11(16-22-17-12)10-6-5-7-15-9(10)2/h6,9,15H,3-5,7-8H2,1-2H3. The molecule has 5 nitrogen and oxygen atoms in total. The number of unbranched alkanes of at least 4 members (excludes halogenated alkanes) is 1. The van der Waals surface area contributed by atoms with E-state index in [4.69, 9.17) is 0 Å². The molecule has 124 valence electrons. The van der Waals surface area contributed by atoms with Gasteiger partial charge in [0.05, 0.1) is 23.5 Å². The van der Waals surface area contributed by atoms with E-state index in [2.05, 4.69) is 42.7 Å². The molecule has 2 aromatic rings. The minimum absolute atomic E-state index is 0.318. The van der Waals surface area contributed by atoms with E-state index in [1.807, 2.05) is 0 Å². The summed E-state index contributed by atoms with van der Waals surface area (Å²) in [5, 5.41) is 6.41. The summed E-state index contributed by atoms with van der Waals surface area (Å²) >= 11 is 5.92. The highest BCUT2D eigenvalue weighted by Gasteiger charge is 2.22. The number of nitrogens with zero attached hydrogens (tertiary/aromatic N) is 4. The van der Waals surface area contributed by atoms with E-state index in [1.165, 1.54) is 41.9 Å². The third-order valence-electron chi connectivity index (χ3n) is 3.52. The minimum atomic E-state index is 0.318. The number of aromatic nitrogens is 4. The lowest BCUT2D eigenvalue weighted by Gasteiger charge is -2.21. The first-order valence-corrected chi connectivity index (χ1v) is 11.0. The molecular weight excluding hydrogens is 366 g/mol. The molecule has 0 aromatic carbocycles. The molecule has 1 aliphatic heterocycles. The van der Waals surface area contributed by atoms with E-state index in [9.17, 15) is 0 Å². The third kappa shape index (κ3) is 4.33. The molecule has 2 aromatic heterocycles. The quantitative estimate of drug-likeness (QED) is 0.566. The molecule has 1 N–H and O–H groups in total. The maximum absolute atomic E-state index is 4.53. The predicted molar refractivity (Wildman–Crippen MR) is 99.6 cm³/mol. The summed E-state index contributed by atoms with van der Waals surface area (Å²) in [4.78, 5) is 0. The van der Waals surface area contributed by atoms with Crippen LogP contribution in [-0.2, 0) is 0 Å². The molecule has 0 fully saturated rings. The third-order valence-corrected chi connectivity index (χ3v) is 7.06. The zero-order chi connectivity index (χ0) is 16.1. The van der Waals surface area contributed by atoms with Crippen molar-refractivity contribution in [3.05, 3.63) is 11.8 Å². The molecule has 0 amide bonds. The fourth-order valence-corrected chi connectivity index (χ4v) is 5.76. The average Bonchev–Trinajstić information content (AvgIpc) is 3.19. The summed E-state index contributed by atoms with van der Waals surface area (Å²) in [6.45, 7) is 5.41. The summed E-state index contributed by atoms with van der Waals surface area (Å²) in [5.74, 6) is 1.09. The lowest BCUT2D eigenvalue weighted by molar-refractivity contribution is 0.624. The van der Waals surface area contributed by atoms with Gasteiger partial charge in [0.25, 0.3) is 0 Å². The van der Waals surface area contributed by atoms with Crippen LogP contribution in [0.4, 0.5) is 0 Å². The Labute approximate surface area is 153 Å². The van der Waals surface area contributed by atoms with E-state index in [-0.39, 0.29) is 0 Å². The molecule has 1 atom stereocenters. The Hall–Kier alpha value is -0.480. The largest absolute Gasteiger partial charge is 0.310 e. The fourth-order valence-electron chi connectivity index (χ4n) is 2.27. The van der Waals surface area contributed by atoms with Crippen LogP contribution < -0.4 is 5.32 Å². The van der Waals surface area contributed by atoms with Crippen molar-refractivity contribution in [3.8, 4) is 0 Å². The van der Waals surface area contributed by atoms with E-state index >= 15 is 0 Å². The highest BCUT2D eigenvalue weighted by Crippen LogP contribution is 2.37. The van der Waals surface area contributed by atoms with Gasteiger partial charge in [-0.15, -0.1) is 11.8 Å². The van der Waals surface area contributed by atoms with Crippen molar-refractivity contribution in [3.63, 3.8) is 0 Å². The Bertz CT molecular complexity index is 666. The highest BCUT2D eigenvalue weighted by molar-refractivity contribution is 8.02. The number of nitrogens with one attached hydrogen (secondary N) is 1. The topological polar surface area (TPSA) is 63.6 Å². The normalized spacial score (nSPS) is 18.2. The van der Waals surface area contributed by atoms with Gasteiger partial charge < -0.3 is 5.32 Å². The predicted octanol–water partition coefficient (Wildman–Crippen LogP) is 4.20. The summed E-state index contributed by atoms with van der Waals surface area (Å²) in [5.41, 5.74) is 2.24. The molecule has 0 spiro atoms. The maximum atomic E-state index is 4.53. The number of hydrogen-bond donors (Lipinski definition) is 1. The Kier molecular flexibility index (Phi) is 6.46. The molecule has 1 aliphatic rings. The molecule has 23 heavy (non-hydrogen) atoms. The van der Waals surface area contributed by atoms with E-state index in [0.29, 0.717) is 6.04 Å². The molecule has 0 radical (unpaired) electrons. The number of thioether (sulfide) groups is 1. The summed E-state index contributed by atoms with van der Waals surface area (Å²) < 4.78 is 17.9. The van der Waals surface area contributed by atoms with Gasteiger partial charge in [-0.2, -0.15) is 17.5 Å². The SMILES string of the molecule is CCCCSc1nsnc1Sc1nsnc1C1=CCCNC1C. The zero-order valence-electron chi connectivity index (χ0n) is 13.1. The molecule has 1 unspecified atom stereocenters. The van der Waals surface area contributed by atoms with Crippen LogP contribution in [0.25, 0.3) is 5.57 Å². The van der Waals surface area contributed by atoms with E-state index < -0.39 is 0 Å². The highest BCUT2D eigenvalue weighted by atomic mass is 32.2. The van der Waals surface area contributed by atoms with Crippen molar-refractivity contribution in [2.75, 3.05) is 12.3 Å². The van der Waals surface area contributed by atoms with Crippen molar-refractivity contribution in [1.29, 1.82) is 0 Å². The summed E-state index contributed by atoms with van der Waals surface area (Å²) in [7, 11) is 0. The van der Waals surface area contributed by atoms with Gasteiger partial charge in [0.2, 0.25) is 0 Å². The van der Waals surface area contributed by atoms with Crippen LogP contribution in [0.3, 0.4) is 0 Å². The first-order chi connectivity index (χ1) is 11.3. The Morgan fingerprint density at radius 3 is 2.78 bits per heavy atom. The van der Waals surface area contributed by atoms with Gasteiger partial charge in [-0.25, -0.2) is 0 Å². The van der Waals surface area contributed by atoms with Crippen molar-refractivity contribution in [2.45, 2.75) is 54.2 Å². The minimum Gasteiger partial charge on any atom is -0.310 e. The van der Waals surface area contributed by atoms with Gasteiger partial charge in [-0.3, -0.25) is 0 Å². The van der Waals surface area contributed by atoms with Gasteiger partial charge in [0.15, 0.2) is 5.03 Å². The lowest BCUT2D eigenvalue weighted by Crippen LogP contribution is -2.31. The van der Waals surface area contributed by atoms with Crippen LogP contribution in [0, 0.1) is 0 Å². The second-order valence-corrected chi connectivity index (χ2v) is 8.34. The van der Waals surface area contributed by atoms with Crippen molar-refractivity contribution < 1.29 is 0 Å². The van der Waals surface area contributed by atoms with Crippen LogP contribution >= 0.6 is 47.0 Å². The molecule has 0 aliphatic carbocycles. The molecule has 0 saturated heterocycles. The monoisotopic (exact) mass is 385 g/mol. The summed E-state index contributed by atoms with van der Waals surface area (Å²) in [6, 6.07) is 0.318. The van der Waals surface area contributed by atoms with Crippen molar-refractivity contribution >= 4 is 52.6 Å². The van der Waals surface area contributed by atoms with Crippen LogP contribution in [0.1, 0.15) is 38.8 Å². The van der Waals surface area contributed by atoms with E-state index in [0.717, 1.165) is 39.5 Å². The Morgan fingerprint density at radius 2 is 1.96 bits per heavy atom. The van der Waals surface area contributed by atoms with E-state index in [1.54, 1.807) is 23.5 Å². The lowest BCUT2D eigenvalue weighted by atomic mass is 10.0. The van der Waals surface area contributed by atoms with Gasteiger partial charge >= 0.3 is 0 Å². The Balaban J connectivity index is 1.76. The van der Waals surface area contributed by atoms with Crippen LogP contribution in [0.2, 0.25) is 0 Å². The molecule has 0 bridgehead atoms. The van der Waals surface area contributed by atoms with Gasteiger partial charge in [0, 0.05) is 6.04 Å². The summed E-state index contributed by atoms with van der Waals surface area (Å²) in [6.07, 6.45) is 5.72.